The van der Waals surface area contributed by atoms with E-state index in [1.165, 1.54) is 17.0 Å². The summed E-state index contributed by atoms with van der Waals surface area (Å²) in [5.74, 6) is -3.04. The molecule has 0 spiro atoms. The first-order chi connectivity index (χ1) is 14.2. The molecule has 1 aromatic rings. The van der Waals surface area contributed by atoms with Crippen molar-refractivity contribution in [1.82, 2.24) is 15.5 Å². The number of nitrogens with zero attached hydrogens (tertiary/aromatic N) is 1. The van der Waals surface area contributed by atoms with E-state index in [-0.39, 0.29) is 18.7 Å². The molecule has 0 saturated carbocycles. The van der Waals surface area contributed by atoms with Gasteiger partial charge in [0.05, 0.1) is 19.2 Å². The maximum atomic E-state index is 12.2. The summed E-state index contributed by atoms with van der Waals surface area (Å²) >= 11 is 0. The normalized spacial score (nSPS) is 17.8. The predicted molar refractivity (Wildman–Crippen MR) is 104 cm³/mol. The highest BCUT2D eigenvalue weighted by molar-refractivity contribution is 5.92. The number of amides is 3. The molecule has 0 aliphatic carbocycles. The summed E-state index contributed by atoms with van der Waals surface area (Å²) in [6, 6.07) is 2.89. The van der Waals surface area contributed by atoms with Gasteiger partial charge in [-0.05, 0) is 37.0 Å². The van der Waals surface area contributed by atoms with Crippen LogP contribution >= 0.6 is 0 Å². The summed E-state index contributed by atoms with van der Waals surface area (Å²) in [6.07, 6.45) is 1.06. The molecular formula is C19H26N4O7. The van der Waals surface area contributed by atoms with Crippen molar-refractivity contribution in [3.05, 3.63) is 29.8 Å². The van der Waals surface area contributed by atoms with Crippen LogP contribution in [0.1, 0.15) is 18.4 Å². The first-order valence-electron chi connectivity index (χ1n) is 9.47. The van der Waals surface area contributed by atoms with Gasteiger partial charge in [0.1, 0.15) is 17.8 Å². The van der Waals surface area contributed by atoms with Gasteiger partial charge in [-0.2, -0.15) is 0 Å². The number of hydrogen-bond acceptors (Lipinski definition) is 7. The van der Waals surface area contributed by atoms with E-state index in [1.807, 2.05) is 0 Å². The molecule has 3 atom stereocenters. The summed E-state index contributed by atoms with van der Waals surface area (Å²) in [5, 5.41) is 32.4. The van der Waals surface area contributed by atoms with E-state index in [0.29, 0.717) is 18.4 Å². The van der Waals surface area contributed by atoms with Crippen LogP contribution in [0.2, 0.25) is 0 Å². The van der Waals surface area contributed by atoms with Crippen LogP contribution < -0.4 is 16.4 Å². The highest BCUT2D eigenvalue weighted by atomic mass is 16.4. The van der Waals surface area contributed by atoms with Gasteiger partial charge < -0.3 is 36.6 Å². The quantitative estimate of drug-likeness (QED) is 0.262. The topological polar surface area (TPSA) is 182 Å². The average molecular weight is 422 g/mol. The van der Waals surface area contributed by atoms with Crippen LogP contribution in [0.15, 0.2) is 24.3 Å². The summed E-state index contributed by atoms with van der Waals surface area (Å²) in [7, 11) is 0. The van der Waals surface area contributed by atoms with Gasteiger partial charge in [-0.1, -0.05) is 12.1 Å². The molecule has 3 unspecified atom stereocenters. The molecule has 11 nitrogen and oxygen atoms in total. The number of benzene rings is 1. The van der Waals surface area contributed by atoms with Crippen LogP contribution in [0.5, 0.6) is 5.75 Å². The summed E-state index contributed by atoms with van der Waals surface area (Å²) in [5.41, 5.74) is 6.53. The minimum atomic E-state index is -1.31. The fourth-order valence-electron chi connectivity index (χ4n) is 3.16. The Morgan fingerprint density at radius 2 is 1.83 bits per heavy atom. The molecule has 1 aliphatic rings. The standard InChI is InChI=1S/C19H26N4O7/c20-13(8-11-3-5-12(25)6-4-11)17(27)22-14(10-24)18(28)21-9-16(26)23-7-1-2-15(23)19(29)30/h3-6,13-15,24-25H,1-2,7-10,20H2,(H,21,28)(H,22,27)(H,29,30). The molecule has 0 aromatic heterocycles. The van der Waals surface area contributed by atoms with Gasteiger partial charge in [0.15, 0.2) is 0 Å². The summed E-state index contributed by atoms with van der Waals surface area (Å²) < 4.78 is 0. The Morgan fingerprint density at radius 3 is 2.43 bits per heavy atom. The van der Waals surface area contributed by atoms with Crippen LogP contribution in [-0.2, 0) is 25.6 Å². The lowest BCUT2D eigenvalue weighted by Gasteiger charge is -2.23. The summed E-state index contributed by atoms with van der Waals surface area (Å²) in [4.78, 5) is 49.0. The highest BCUT2D eigenvalue weighted by Gasteiger charge is 2.34. The number of carboxylic acid groups (broad SMARTS) is 1. The van der Waals surface area contributed by atoms with E-state index in [1.54, 1.807) is 12.1 Å². The van der Waals surface area contributed by atoms with E-state index in [2.05, 4.69) is 10.6 Å². The molecule has 0 bridgehead atoms. The zero-order valence-electron chi connectivity index (χ0n) is 16.3. The van der Waals surface area contributed by atoms with Gasteiger partial charge in [-0.3, -0.25) is 14.4 Å². The van der Waals surface area contributed by atoms with Crippen molar-refractivity contribution in [3.63, 3.8) is 0 Å². The number of aliphatic hydroxyl groups is 1. The number of carbonyl (C=O) groups excluding carboxylic acids is 3. The zero-order chi connectivity index (χ0) is 22.3. The molecule has 3 amide bonds. The van der Waals surface area contributed by atoms with E-state index in [4.69, 9.17) is 10.8 Å². The molecule has 1 heterocycles. The second kappa shape index (κ2) is 10.6. The number of nitrogens with one attached hydrogen (secondary N) is 2. The molecule has 2 rings (SSSR count). The monoisotopic (exact) mass is 422 g/mol. The first-order valence-corrected chi connectivity index (χ1v) is 9.47. The van der Waals surface area contributed by atoms with Gasteiger partial charge in [0.2, 0.25) is 17.7 Å². The Hall–Kier alpha value is -3.18. The zero-order valence-corrected chi connectivity index (χ0v) is 16.3. The number of nitrogens with two attached hydrogens (primary N) is 1. The second-order valence-electron chi connectivity index (χ2n) is 7.02. The fraction of sp³-hybridized carbons (Fsp3) is 0.474. The largest absolute Gasteiger partial charge is 0.508 e. The number of aliphatic hydroxyl groups excluding tert-OH is 1. The van der Waals surface area contributed by atoms with Crippen LogP contribution in [-0.4, -0.2) is 81.7 Å². The van der Waals surface area contributed by atoms with Crippen LogP contribution in [0, 0.1) is 0 Å². The first kappa shape index (κ1) is 23.1. The molecular weight excluding hydrogens is 396 g/mol. The molecule has 1 aliphatic heterocycles. The molecule has 1 saturated heterocycles. The predicted octanol–water partition coefficient (Wildman–Crippen LogP) is -2.07. The lowest BCUT2D eigenvalue weighted by atomic mass is 10.1. The number of carboxylic acids is 1. The van der Waals surface area contributed by atoms with E-state index >= 15 is 0 Å². The lowest BCUT2D eigenvalue weighted by Crippen LogP contribution is -2.55. The van der Waals surface area contributed by atoms with Gasteiger partial charge >= 0.3 is 5.97 Å². The summed E-state index contributed by atoms with van der Waals surface area (Å²) in [6.45, 7) is -0.869. The number of carbonyl (C=O) groups is 4. The van der Waals surface area contributed by atoms with Crippen molar-refractivity contribution in [2.45, 2.75) is 37.4 Å². The molecule has 0 radical (unpaired) electrons. The molecule has 164 valence electrons. The number of phenols is 1. The molecule has 30 heavy (non-hydrogen) atoms. The molecule has 7 N–H and O–H groups in total. The number of aromatic hydroxyl groups is 1. The number of rotatable bonds is 9. The van der Waals surface area contributed by atoms with Crippen LogP contribution in [0.25, 0.3) is 0 Å². The van der Waals surface area contributed by atoms with E-state index in [0.717, 1.165) is 0 Å². The number of phenolic OH excluding ortho intramolecular Hbond substituents is 1. The minimum absolute atomic E-state index is 0.0759. The van der Waals surface area contributed by atoms with Gasteiger partial charge in [-0.15, -0.1) is 0 Å². The Kier molecular flexibility index (Phi) is 8.13. The Morgan fingerprint density at radius 1 is 1.17 bits per heavy atom. The SMILES string of the molecule is NC(Cc1ccc(O)cc1)C(=O)NC(CO)C(=O)NCC(=O)N1CCCC1C(=O)O. The van der Waals surface area contributed by atoms with Crippen LogP contribution in [0.3, 0.4) is 0 Å². The maximum Gasteiger partial charge on any atom is 0.326 e. The van der Waals surface area contributed by atoms with Crippen molar-refractivity contribution in [1.29, 1.82) is 0 Å². The Labute approximate surface area is 172 Å². The third kappa shape index (κ3) is 6.16. The number of hydrogen-bond donors (Lipinski definition) is 6. The molecule has 1 fully saturated rings. The van der Waals surface area contributed by atoms with Crippen molar-refractivity contribution in [2.24, 2.45) is 5.73 Å². The average Bonchev–Trinajstić information content (AvgIpc) is 3.21. The Bertz CT molecular complexity index is 784. The third-order valence-corrected chi connectivity index (χ3v) is 4.82. The minimum Gasteiger partial charge on any atom is -0.508 e. The number of likely N-dealkylation sites (tertiary alicyclic amines) is 1. The lowest BCUT2D eigenvalue weighted by molar-refractivity contribution is -0.148. The van der Waals surface area contributed by atoms with Crippen molar-refractivity contribution < 1.29 is 34.5 Å². The van der Waals surface area contributed by atoms with Gasteiger partial charge in [-0.25, -0.2) is 4.79 Å². The van der Waals surface area contributed by atoms with Crippen molar-refractivity contribution in [2.75, 3.05) is 19.7 Å². The maximum absolute atomic E-state index is 12.2. The highest BCUT2D eigenvalue weighted by Crippen LogP contribution is 2.17. The smallest absolute Gasteiger partial charge is 0.326 e. The van der Waals surface area contributed by atoms with Gasteiger partial charge in [0, 0.05) is 6.54 Å². The number of aliphatic carboxylic acids is 1. The Balaban J connectivity index is 1.84. The second-order valence-corrected chi connectivity index (χ2v) is 7.02. The van der Waals surface area contributed by atoms with Crippen molar-refractivity contribution >= 4 is 23.7 Å². The molecule has 11 heteroatoms. The van der Waals surface area contributed by atoms with Gasteiger partial charge in [0.25, 0.3) is 0 Å². The van der Waals surface area contributed by atoms with Crippen LogP contribution in [0.4, 0.5) is 0 Å². The fourth-order valence-corrected chi connectivity index (χ4v) is 3.16. The van der Waals surface area contributed by atoms with Crippen molar-refractivity contribution in [3.8, 4) is 5.75 Å². The third-order valence-electron chi connectivity index (χ3n) is 4.82. The van der Waals surface area contributed by atoms with E-state index < -0.39 is 55.0 Å². The molecule has 1 aromatic carbocycles. The van der Waals surface area contributed by atoms with E-state index in [9.17, 15) is 29.4 Å².